The van der Waals surface area contributed by atoms with E-state index in [9.17, 15) is 9.59 Å². The van der Waals surface area contributed by atoms with Gasteiger partial charge in [-0.3, -0.25) is 9.59 Å². The highest BCUT2D eigenvalue weighted by molar-refractivity contribution is 5.74. The number of ether oxygens (including phenoxy) is 3. The molecule has 5 nitrogen and oxygen atoms in total. The topological polar surface area (TPSA) is 65.1 Å². The molecular weight excluding hydrogens is 464 g/mol. The Morgan fingerprint density at radius 3 is 2.00 bits per heavy atom. The number of epoxide rings is 1. The average molecular weight is 513 g/mol. The summed E-state index contributed by atoms with van der Waals surface area (Å²) in [6, 6.07) is 0. The third kappa shape index (κ3) is 4.02. The number of carbonyl (C=O) groups excluding carboxylic acids is 2. The van der Waals surface area contributed by atoms with E-state index in [2.05, 4.69) is 13.8 Å². The highest BCUT2D eigenvalue weighted by atomic mass is 16.6. The van der Waals surface area contributed by atoms with Crippen molar-refractivity contribution < 1.29 is 23.8 Å². The molecule has 0 N–H and O–H groups in total. The van der Waals surface area contributed by atoms with Crippen LogP contribution in [-0.2, 0) is 23.8 Å². The van der Waals surface area contributed by atoms with Gasteiger partial charge in [0, 0.05) is 0 Å². The molecule has 7 rings (SSSR count). The van der Waals surface area contributed by atoms with Crippen LogP contribution in [0.15, 0.2) is 0 Å². The second-order valence-electron chi connectivity index (χ2n) is 15.5. The van der Waals surface area contributed by atoms with Crippen LogP contribution in [0.1, 0.15) is 79.6 Å². The van der Waals surface area contributed by atoms with Gasteiger partial charge < -0.3 is 14.2 Å². The van der Waals surface area contributed by atoms with Crippen LogP contribution in [0, 0.1) is 82.9 Å². The van der Waals surface area contributed by atoms with Gasteiger partial charge in [0.2, 0.25) is 0 Å². The van der Waals surface area contributed by atoms with E-state index in [1.54, 1.807) is 0 Å². The van der Waals surface area contributed by atoms with Gasteiger partial charge in [-0.2, -0.15) is 0 Å². The maximum atomic E-state index is 13.4. The second-order valence-corrected chi connectivity index (χ2v) is 15.5. The lowest BCUT2D eigenvalue weighted by Gasteiger charge is -2.49. The number of rotatable bonds is 6. The number of fused-ring (bicyclic) bond motifs is 6. The van der Waals surface area contributed by atoms with Gasteiger partial charge in [0.15, 0.2) is 0 Å². The van der Waals surface area contributed by atoms with Crippen molar-refractivity contribution in [3.8, 4) is 0 Å². The van der Waals surface area contributed by atoms with Gasteiger partial charge in [-0.15, -0.1) is 0 Å². The molecular formula is C32H48O5. The molecule has 6 saturated carbocycles. The van der Waals surface area contributed by atoms with E-state index in [1.807, 2.05) is 20.8 Å². The van der Waals surface area contributed by atoms with Gasteiger partial charge in [-0.25, -0.2) is 0 Å². The van der Waals surface area contributed by atoms with Crippen molar-refractivity contribution in [1.82, 2.24) is 0 Å². The number of hydrogen-bond donors (Lipinski definition) is 0. The molecule has 15 atom stereocenters. The molecule has 0 aromatic carbocycles. The number of hydrogen-bond acceptors (Lipinski definition) is 5. The summed E-state index contributed by atoms with van der Waals surface area (Å²) in [6.07, 6.45) is 8.77. The fourth-order valence-electron chi connectivity index (χ4n) is 11.5. The van der Waals surface area contributed by atoms with Crippen molar-refractivity contribution in [1.29, 1.82) is 0 Å². The maximum absolute atomic E-state index is 13.4. The molecule has 0 radical (unpaired) electrons. The van der Waals surface area contributed by atoms with Gasteiger partial charge in [0.25, 0.3) is 0 Å². The lowest BCUT2D eigenvalue weighted by molar-refractivity contribution is -0.164. The van der Waals surface area contributed by atoms with E-state index in [1.165, 1.54) is 32.1 Å². The van der Waals surface area contributed by atoms with E-state index in [4.69, 9.17) is 14.2 Å². The van der Waals surface area contributed by atoms with Crippen molar-refractivity contribution in [2.45, 2.75) is 91.3 Å². The van der Waals surface area contributed by atoms with Crippen LogP contribution in [0.3, 0.4) is 0 Å². The quantitative estimate of drug-likeness (QED) is 0.335. The van der Waals surface area contributed by atoms with Gasteiger partial charge >= 0.3 is 11.9 Å². The summed E-state index contributed by atoms with van der Waals surface area (Å²) in [7, 11) is 0. The fraction of sp³-hybridized carbons (Fsp3) is 0.938. The molecule has 0 spiro atoms. The minimum atomic E-state index is -0.424. The van der Waals surface area contributed by atoms with Crippen LogP contribution in [0.25, 0.3) is 0 Å². The summed E-state index contributed by atoms with van der Waals surface area (Å²) in [5.41, 5.74) is -0.424. The number of carbonyl (C=O) groups is 2. The zero-order chi connectivity index (χ0) is 25.8. The molecule has 1 aliphatic heterocycles. The average Bonchev–Trinajstić information content (AvgIpc) is 3.35. The van der Waals surface area contributed by atoms with Crippen LogP contribution in [-0.4, -0.2) is 36.9 Å². The summed E-state index contributed by atoms with van der Waals surface area (Å²) in [5.74, 6) is 8.31. The Morgan fingerprint density at radius 1 is 0.730 bits per heavy atom. The molecule has 5 heteroatoms. The summed E-state index contributed by atoms with van der Waals surface area (Å²) in [5, 5.41) is 0. The van der Waals surface area contributed by atoms with E-state index in [0.717, 1.165) is 43.1 Å². The SMILES string of the molecule is CC1C2CCC(C2)C1C1C2CC(CC2C(=O)OCC2CO2)C1C1C(C)C2CC(C(=O)OC(C)(C)C)C1C2. The largest absolute Gasteiger partial charge is 0.463 e. The van der Waals surface area contributed by atoms with E-state index >= 15 is 0 Å². The Balaban J connectivity index is 1.17. The summed E-state index contributed by atoms with van der Waals surface area (Å²) < 4.78 is 17.1. The molecule has 37 heavy (non-hydrogen) atoms. The molecule has 15 unspecified atom stereocenters. The Labute approximate surface area is 223 Å². The molecule has 7 fully saturated rings. The lowest BCUT2D eigenvalue weighted by Crippen LogP contribution is -2.47. The van der Waals surface area contributed by atoms with Gasteiger partial charge in [0.05, 0.1) is 18.4 Å². The van der Waals surface area contributed by atoms with Crippen LogP contribution in [0.4, 0.5) is 0 Å². The molecule has 1 saturated heterocycles. The zero-order valence-electron chi connectivity index (χ0n) is 23.6. The van der Waals surface area contributed by atoms with Crippen molar-refractivity contribution >= 4 is 11.9 Å². The first-order chi connectivity index (χ1) is 17.6. The molecule has 6 aliphatic carbocycles. The van der Waals surface area contributed by atoms with Gasteiger partial charge in [0.1, 0.15) is 18.3 Å². The lowest BCUT2D eigenvalue weighted by atomic mass is 9.55. The Kier molecular flexibility index (Phi) is 5.86. The van der Waals surface area contributed by atoms with Crippen molar-refractivity contribution in [3.63, 3.8) is 0 Å². The fourth-order valence-corrected chi connectivity index (χ4v) is 11.5. The molecule has 206 valence electrons. The molecule has 0 aromatic rings. The molecule has 6 bridgehead atoms. The molecule has 0 aromatic heterocycles. The predicted molar refractivity (Wildman–Crippen MR) is 139 cm³/mol. The summed E-state index contributed by atoms with van der Waals surface area (Å²) in [6.45, 7) is 12.2. The highest BCUT2D eigenvalue weighted by Crippen LogP contribution is 2.71. The van der Waals surface area contributed by atoms with E-state index in [-0.39, 0.29) is 29.9 Å². The maximum Gasteiger partial charge on any atom is 0.309 e. The van der Waals surface area contributed by atoms with E-state index < -0.39 is 5.60 Å². The van der Waals surface area contributed by atoms with Gasteiger partial charge in [-0.1, -0.05) is 13.8 Å². The second kappa shape index (κ2) is 8.70. The predicted octanol–water partition coefficient (Wildman–Crippen LogP) is 5.75. The molecule has 7 aliphatic rings. The monoisotopic (exact) mass is 512 g/mol. The standard InChI is InChI=1S/C32H48O5/c1-15-17-6-7-18(8-17)26(15)29-23-11-20(12-24(23)30(33)36-14-21-13-35-21)28(29)27-16(2)19-9-22(27)25(10-19)31(34)37-32(3,4)5/h15-29H,6-14H2,1-5H3. The van der Waals surface area contributed by atoms with Crippen LogP contribution in [0.2, 0.25) is 0 Å². The number of esters is 2. The Hall–Kier alpha value is -1.10. The minimum Gasteiger partial charge on any atom is -0.463 e. The summed E-state index contributed by atoms with van der Waals surface area (Å²) in [4.78, 5) is 26.7. The first kappa shape index (κ1) is 24.9. The normalized spacial score (nSPS) is 53.2. The Bertz CT molecular complexity index is 932. The first-order valence-electron chi connectivity index (χ1n) is 15.6. The van der Waals surface area contributed by atoms with E-state index in [0.29, 0.717) is 54.0 Å². The first-order valence-corrected chi connectivity index (χ1v) is 15.6. The third-order valence-corrected chi connectivity index (χ3v) is 12.7. The minimum absolute atomic E-state index is 0.0497. The zero-order valence-corrected chi connectivity index (χ0v) is 23.6. The van der Waals surface area contributed by atoms with Crippen LogP contribution >= 0.6 is 0 Å². The van der Waals surface area contributed by atoms with Gasteiger partial charge in [-0.05, 0) is 137 Å². The third-order valence-electron chi connectivity index (χ3n) is 12.7. The molecule has 0 amide bonds. The van der Waals surface area contributed by atoms with Crippen LogP contribution in [0.5, 0.6) is 0 Å². The smallest absolute Gasteiger partial charge is 0.309 e. The summed E-state index contributed by atoms with van der Waals surface area (Å²) >= 11 is 0. The van der Waals surface area contributed by atoms with Crippen molar-refractivity contribution in [3.05, 3.63) is 0 Å². The highest BCUT2D eigenvalue weighted by Gasteiger charge is 2.66. The van der Waals surface area contributed by atoms with Crippen molar-refractivity contribution in [2.75, 3.05) is 13.2 Å². The molecule has 1 heterocycles. The Morgan fingerprint density at radius 2 is 1.35 bits per heavy atom. The van der Waals surface area contributed by atoms with Crippen LogP contribution < -0.4 is 0 Å². The van der Waals surface area contributed by atoms with Crippen molar-refractivity contribution in [2.24, 2.45) is 82.9 Å².